The van der Waals surface area contributed by atoms with Crippen LogP contribution >= 0.6 is 14.5 Å². The maximum Gasteiger partial charge on any atom is 0.475 e. The summed E-state index contributed by atoms with van der Waals surface area (Å²) in [5.74, 6) is -0.0655. The summed E-state index contributed by atoms with van der Waals surface area (Å²) in [5.41, 5.74) is 12.2. The van der Waals surface area contributed by atoms with Crippen molar-refractivity contribution in [2.75, 3.05) is 44.5 Å². The Balaban J connectivity index is 1.46. The molecule has 2 aliphatic rings. The molecular formula is C41H64N12O13P2SSi2. The molecule has 0 aliphatic carbocycles. The number of nitrogens with two attached hydrogens (primary N) is 2. The molecule has 0 aromatic carbocycles. The van der Waals surface area contributed by atoms with Crippen molar-refractivity contribution in [3.05, 3.63) is 42.0 Å². The largest absolute Gasteiger partial charge is 0.475 e. The number of nitriles is 2. The van der Waals surface area contributed by atoms with E-state index in [0.29, 0.717) is 11.2 Å². The Morgan fingerprint density at radius 2 is 1.38 bits per heavy atom. The van der Waals surface area contributed by atoms with Gasteiger partial charge in [0, 0.05) is 0 Å². The average Bonchev–Trinajstić information content (AvgIpc) is 4.06. The molecule has 6 heterocycles. The van der Waals surface area contributed by atoms with Gasteiger partial charge in [0.15, 0.2) is 51.7 Å². The highest BCUT2D eigenvalue weighted by Crippen LogP contribution is 2.58. The molecule has 0 saturated carbocycles. The first-order chi connectivity index (χ1) is 33.2. The molecule has 2 saturated heterocycles. The molecule has 25 nitrogen and oxygen atoms in total. The van der Waals surface area contributed by atoms with Crippen LogP contribution in [-0.4, -0.2) is 130 Å². The zero-order chi connectivity index (χ0) is 52.3. The number of aromatic nitrogens is 8. The SMILES string of the molecule is C=CCOP(=O)(OCCC#N)O[C@H]1[C@@H](O[Si](C)(C)C(C)(C)C)[C@H](n2cnc3c(=O)[nH]c(N)nc32)O[C@@H]1COP(=S)(OCCC#N)O[C@H]1[C@@H](O[Si](C)(C)C(C)(C)C)[C@H](n2cnc3c(N)ncnc32)O[C@@H]1CO. The maximum atomic E-state index is 14.7. The van der Waals surface area contributed by atoms with Crippen molar-refractivity contribution in [2.45, 2.75) is 140 Å². The number of aliphatic hydroxyl groups is 1. The van der Waals surface area contributed by atoms with E-state index in [-0.39, 0.29) is 60.6 Å². The molecule has 4 aromatic heterocycles. The highest BCUT2D eigenvalue weighted by molar-refractivity contribution is 8.07. The molecular weight excluding hydrogens is 1020 g/mol. The van der Waals surface area contributed by atoms with Gasteiger partial charge in [0.05, 0.1) is 70.7 Å². The van der Waals surface area contributed by atoms with E-state index < -0.39 is 104 Å². The summed E-state index contributed by atoms with van der Waals surface area (Å²) in [6.07, 6.45) is -4.28. The van der Waals surface area contributed by atoms with E-state index in [1.807, 2.05) is 59.1 Å². The van der Waals surface area contributed by atoms with Crippen molar-refractivity contribution in [2.24, 2.45) is 0 Å². The first-order valence-electron chi connectivity index (χ1n) is 22.6. The Kier molecular flexibility index (Phi) is 17.7. The summed E-state index contributed by atoms with van der Waals surface area (Å²) in [4.78, 5) is 37.1. The van der Waals surface area contributed by atoms with Crippen molar-refractivity contribution in [3.63, 3.8) is 0 Å². The van der Waals surface area contributed by atoms with Gasteiger partial charge in [-0.1, -0.05) is 47.6 Å². The van der Waals surface area contributed by atoms with Gasteiger partial charge in [0.2, 0.25) is 5.95 Å². The second kappa shape index (κ2) is 22.3. The Morgan fingerprint density at radius 1 is 0.831 bits per heavy atom. The lowest BCUT2D eigenvalue weighted by molar-refractivity contribution is -0.0558. The molecule has 30 heteroatoms. The minimum Gasteiger partial charge on any atom is -0.407 e. The van der Waals surface area contributed by atoms with E-state index in [9.17, 15) is 25.0 Å². The summed E-state index contributed by atoms with van der Waals surface area (Å²) in [7, 11) is -10.2. The lowest BCUT2D eigenvalue weighted by Gasteiger charge is -2.41. The number of nitrogen functional groups attached to an aromatic ring is 2. The van der Waals surface area contributed by atoms with Crippen LogP contribution in [0.25, 0.3) is 22.3 Å². The van der Waals surface area contributed by atoms with Crippen molar-refractivity contribution in [1.29, 1.82) is 10.5 Å². The van der Waals surface area contributed by atoms with Crippen LogP contribution in [0.15, 0.2) is 36.4 Å². The summed E-state index contributed by atoms with van der Waals surface area (Å²) < 4.78 is 82.5. The molecule has 2 fully saturated rings. The molecule has 2 aliphatic heterocycles. The standard InChI is InChI=1S/C41H64N12O13P2SSi2/c1-12-17-57-67(56,58-18-13-15-42)63-30-26(62-38(32(30)66-71(10,11)41(5,6)7)53-24-49-28-35(53)50-39(45)51-36(28)55)21-60-68(69,59-19-14-16-43)64-29-25(20-54)61-37(31(29)65-70(8,9)40(2,3)4)52-23-48-27-33(44)46-22-47-34(27)52/h12,22-26,29-32,37-38,54H,1,13-14,17-21H2,2-11H3,(H2,44,46,47)(H3,45,50,51,55)/t25-,26-,29-,30-,31-,32-,37-,38-,67?,68?/m1/s1. The molecule has 2 unspecified atom stereocenters. The van der Waals surface area contributed by atoms with Crippen LogP contribution < -0.4 is 17.0 Å². The van der Waals surface area contributed by atoms with Crippen LogP contribution in [0.1, 0.15) is 66.8 Å². The van der Waals surface area contributed by atoms with Gasteiger partial charge >= 0.3 is 14.5 Å². The predicted octanol–water partition coefficient (Wildman–Crippen LogP) is 5.87. The predicted molar refractivity (Wildman–Crippen MR) is 267 cm³/mol. The number of H-pyrrole nitrogens is 1. The summed E-state index contributed by atoms with van der Waals surface area (Å²) >= 11 is 6.18. The molecule has 390 valence electrons. The van der Waals surface area contributed by atoms with Crippen LogP contribution in [0.2, 0.25) is 36.3 Å². The smallest absolute Gasteiger partial charge is 0.407 e. The zero-order valence-electron chi connectivity index (χ0n) is 41.4. The molecule has 6 N–H and O–H groups in total. The molecule has 71 heavy (non-hydrogen) atoms. The molecule has 4 aromatic rings. The van der Waals surface area contributed by atoms with E-state index in [0.717, 1.165) is 0 Å². The molecule has 0 spiro atoms. The number of hydrogen-bond acceptors (Lipinski definition) is 23. The number of phosphoric ester groups is 1. The topological polar surface area (TPSA) is 336 Å². The van der Waals surface area contributed by atoms with Crippen LogP contribution in [0.4, 0.5) is 11.8 Å². The number of ether oxygens (including phenoxy) is 2. The Morgan fingerprint density at radius 3 is 1.94 bits per heavy atom. The molecule has 10 atom stereocenters. The third-order valence-electron chi connectivity index (χ3n) is 12.8. The first-order valence-corrected chi connectivity index (χ1v) is 32.5. The van der Waals surface area contributed by atoms with E-state index in [2.05, 4.69) is 57.3 Å². The Hall–Kier alpha value is -3.91. The van der Waals surface area contributed by atoms with Crippen molar-refractivity contribution in [3.8, 4) is 12.1 Å². The Labute approximate surface area is 418 Å². The number of aromatic amines is 1. The van der Waals surface area contributed by atoms with Gasteiger partial charge in [-0.05, 0) is 48.1 Å². The van der Waals surface area contributed by atoms with Crippen molar-refractivity contribution < 1.29 is 55.1 Å². The van der Waals surface area contributed by atoms with Gasteiger partial charge < -0.3 is 43.9 Å². The van der Waals surface area contributed by atoms with E-state index in [1.54, 1.807) is 4.57 Å². The summed E-state index contributed by atoms with van der Waals surface area (Å²) in [5, 5.41) is 29.2. The van der Waals surface area contributed by atoms with Crippen molar-refractivity contribution in [1.82, 2.24) is 39.0 Å². The zero-order valence-corrected chi connectivity index (χ0v) is 46.0. The van der Waals surface area contributed by atoms with Crippen LogP contribution in [0, 0.1) is 22.7 Å². The Bertz CT molecular complexity index is 2770. The lowest BCUT2D eigenvalue weighted by Crippen LogP contribution is -2.49. The van der Waals surface area contributed by atoms with Crippen LogP contribution in [0.5, 0.6) is 0 Å². The number of hydrogen-bond donors (Lipinski definition) is 4. The van der Waals surface area contributed by atoms with E-state index >= 15 is 0 Å². The number of anilines is 2. The second-order valence-corrected chi connectivity index (χ2v) is 33.9. The number of nitrogens with zero attached hydrogens (tertiary/aromatic N) is 9. The second-order valence-electron chi connectivity index (χ2n) is 19.8. The van der Waals surface area contributed by atoms with Crippen molar-refractivity contribution >= 4 is 77.1 Å². The highest BCUT2D eigenvalue weighted by atomic mass is 32.5. The quantitative estimate of drug-likeness (QED) is 0.0292. The molecule has 0 radical (unpaired) electrons. The molecule has 0 amide bonds. The van der Waals surface area contributed by atoms with Crippen LogP contribution in [0.3, 0.4) is 0 Å². The molecule has 6 rings (SSSR count). The number of phosphoric acid groups is 1. The number of imidazole rings is 2. The van der Waals surface area contributed by atoms with Gasteiger partial charge in [-0.2, -0.15) is 15.5 Å². The number of aliphatic hydroxyl groups excluding tert-OH is 1. The minimum absolute atomic E-state index is 0.0310. The van der Waals surface area contributed by atoms with Gasteiger partial charge in [-0.25, -0.2) is 24.5 Å². The van der Waals surface area contributed by atoms with E-state index in [1.165, 1.54) is 29.6 Å². The number of nitrogens with one attached hydrogen (secondary N) is 1. The maximum absolute atomic E-state index is 14.7. The molecule has 0 bridgehead atoms. The minimum atomic E-state index is -4.61. The van der Waals surface area contributed by atoms with Gasteiger partial charge in [0.25, 0.3) is 5.56 Å². The monoisotopic (exact) mass is 1080 g/mol. The third-order valence-corrected chi connectivity index (χ3v) is 25.6. The fraction of sp³-hybridized carbons (Fsp3) is 0.659. The fourth-order valence-corrected chi connectivity index (χ4v) is 13.1. The summed E-state index contributed by atoms with van der Waals surface area (Å²) in [6.45, 7) is 17.9. The van der Waals surface area contributed by atoms with Gasteiger partial charge in [-0.3, -0.25) is 37.0 Å². The highest BCUT2D eigenvalue weighted by Gasteiger charge is 2.57. The number of rotatable bonds is 23. The normalized spacial score (nSPS) is 25.0. The first kappa shape index (κ1) is 56.4. The van der Waals surface area contributed by atoms with Gasteiger partial charge in [0.1, 0.15) is 48.5 Å². The average molecular weight is 1080 g/mol. The third kappa shape index (κ3) is 12.5. The fourth-order valence-electron chi connectivity index (χ4n) is 7.08. The number of fused-ring (bicyclic) bond motifs is 2. The lowest BCUT2D eigenvalue weighted by atomic mass is 10.1. The van der Waals surface area contributed by atoms with Gasteiger partial charge in [-0.15, -0.1) is 6.58 Å². The van der Waals surface area contributed by atoms with E-state index in [4.69, 9.17) is 68.7 Å². The summed E-state index contributed by atoms with van der Waals surface area (Å²) in [6, 6.07) is 3.98. The van der Waals surface area contributed by atoms with Crippen LogP contribution in [-0.2, 0) is 61.8 Å².